The maximum atomic E-state index is 13.6. The quantitative estimate of drug-likeness (QED) is 0.242. The van der Waals surface area contributed by atoms with E-state index in [1.807, 2.05) is 61.5 Å². The van der Waals surface area contributed by atoms with Gasteiger partial charge in [-0.3, -0.25) is 9.59 Å². The second-order valence-corrected chi connectivity index (χ2v) is 10.5. The van der Waals surface area contributed by atoms with Gasteiger partial charge in [0.15, 0.2) is 0 Å². The molecule has 190 valence electrons. The predicted octanol–water partition coefficient (Wildman–Crippen LogP) is 6.78. The lowest BCUT2D eigenvalue weighted by Gasteiger charge is -2.32. The SMILES string of the molecule is CCCNC(=O)[C@@H](Cc1ccccc1)N(Cc1ccc(Cl)cc1Cl)C(=O)CCSCc1ccccc1. The van der Waals surface area contributed by atoms with Crippen LogP contribution in [0.4, 0.5) is 0 Å². The van der Waals surface area contributed by atoms with Crippen molar-refractivity contribution >= 4 is 46.8 Å². The predicted molar refractivity (Wildman–Crippen MR) is 151 cm³/mol. The van der Waals surface area contributed by atoms with Crippen LogP contribution in [-0.4, -0.2) is 35.1 Å². The Labute approximate surface area is 228 Å². The summed E-state index contributed by atoms with van der Waals surface area (Å²) >= 11 is 14.3. The Bertz CT molecular complexity index is 1110. The summed E-state index contributed by atoms with van der Waals surface area (Å²) in [4.78, 5) is 28.6. The Morgan fingerprint density at radius 1 is 0.944 bits per heavy atom. The molecule has 3 aromatic carbocycles. The molecule has 2 amide bonds. The van der Waals surface area contributed by atoms with Gasteiger partial charge in [0.05, 0.1) is 0 Å². The van der Waals surface area contributed by atoms with Crippen LogP contribution in [0.3, 0.4) is 0 Å². The van der Waals surface area contributed by atoms with Crippen molar-refractivity contribution in [3.8, 4) is 0 Å². The van der Waals surface area contributed by atoms with Gasteiger partial charge in [0, 0.05) is 47.5 Å². The average molecular weight is 544 g/mol. The lowest BCUT2D eigenvalue weighted by molar-refractivity contribution is -0.141. The van der Waals surface area contributed by atoms with E-state index in [0.29, 0.717) is 35.2 Å². The molecule has 3 aromatic rings. The highest BCUT2D eigenvalue weighted by molar-refractivity contribution is 7.98. The second kappa shape index (κ2) is 14.9. The van der Waals surface area contributed by atoms with E-state index in [2.05, 4.69) is 17.4 Å². The zero-order valence-electron chi connectivity index (χ0n) is 20.5. The van der Waals surface area contributed by atoms with Crippen LogP contribution in [0.15, 0.2) is 78.9 Å². The molecule has 3 rings (SSSR count). The van der Waals surface area contributed by atoms with Crippen LogP contribution in [0.5, 0.6) is 0 Å². The molecule has 0 spiro atoms. The van der Waals surface area contributed by atoms with E-state index in [0.717, 1.165) is 23.3 Å². The van der Waals surface area contributed by atoms with Crippen LogP contribution in [0.1, 0.15) is 36.5 Å². The second-order valence-electron chi connectivity index (χ2n) is 8.54. The van der Waals surface area contributed by atoms with E-state index in [-0.39, 0.29) is 18.4 Å². The van der Waals surface area contributed by atoms with Crippen LogP contribution in [0.25, 0.3) is 0 Å². The summed E-state index contributed by atoms with van der Waals surface area (Å²) in [6.45, 7) is 2.79. The molecule has 0 aliphatic rings. The molecule has 0 unspecified atom stereocenters. The van der Waals surface area contributed by atoms with E-state index in [1.165, 1.54) is 5.56 Å². The highest BCUT2D eigenvalue weighted by Gasteiger charge is 2.30. The number of amides is 2. The summed E-state index contributed by atoms with van der Waals surface area (Å²) in [6.07, 6.45) is 1.57. The first-order valence-corrected chi connectivity index (χ1v) is 14.1. The molecule has 0 bridgehead atoms. The van der Waals surface area contributed by atoms with Crippen molar-refractivity contribution in [2.45, 2.75) is 44.5 Å². The van der Waals surface area contributed by atoms with Crippen LogP contribution < -0.4 is 5.32 Å². The molecule has 4 nitrogen and oxygen atoms in total. The average Bonchev–Trinajstić information content (AvgIpc) is 2.89. The van der Waals surface area contributed by atoms with E-state index >= 15 is 0 Å². The molecule has 0 radical (unpaired) electrons. The number of hydrogen-bond donors (Lipinski definition) is 1. The number of hydrogen-bond acceptors (Lipinski definition) is 3. The van der Waals surface area contributed by atoms with Crippen molar-refractivity contribution < 1.29 is 9.59 Å². The van der Waals surface area contributed by atoms with Gasteiger partial charge in [-0.1, -0.05) is 96.9 Å². The highest BCUT2D eigenvalue weighted by atomic mass is 35.5. The molecular formula is C29H32Cl2N2O2S. The molecule has 0 aliphatic heterocycles. The molecule has 0 saturated carbocycles. The van der Waals surface area contributed by atoms with Gasteiger partial charge in [0.2, 0.25) is 11.8 Å². The van der Waals surface area contributed by atoms with Crippen LogP contribution in [-0.2, 0) is 28.3 Å². The summed E-state index contributed by atoms with van der Waals surface area (Å²) in [6, 6.07) is 24.6. The molecule has 0 heterocycles. The zero-order valence-corrected chi connectivity index (χ0v) is 22.8. The molecular weight excluding hydrogens is 511 g/mol. The highest BCUT2D eigenvalue weighted by Crippen LogP contribution is 2.25. The minimum atomic E-state index is -0.655. The number of rotatable bonds is 13. The molecule has 0 aliphatic carbocycles. The standard InChI is InChI=1S/C29H32Cl2N2O2S/c1-2-16-32-29(35)27(18-22-9-5-3-6-10-22)33(20-24-13-14-25(30)19-26(24)31)28(34)15-17-36-21-23-11-7-4-8-12-23/h3-14,19,27H,2,15-18,20-21H2,1H3,(H,32,35)/t27-/m1/s1. The maximum absolute atomic E-state index is 13.6. The Balaban J connectivity index is 1.81. The van der Waals surface area contributed by atoms with Crippen molar-refractivity contribution in [1.29, 1.82) is 0 Å². The van der Waals surface area contributed by atoms with Gasteiger partial charge < -0.3 is 10.2 Å². The first kappa shape index (κ1) is 28.1. The molecule has 1 N–H and O–H groups in total. The number of benzene rings is 3. The molecule has 36 heavy (non-hydrogen) atoms. The first-order chi connectivity index (χ1) is 17.5. The van der Waals surface area contributed by atoms with Crippen molar-refractivity contribution in [3.63, 3.8) is 0 Å². The fourth-order valence-corrected chi connectivity index (χ4v) is 5.18. The molecule has 0 saturated heterocycles. The Morgan fingerprint density at radius 3 is 2.25 bits per heavy atom. The normalized spacial score (nSPS) is 11.6. The zero-order chi connectivity index (χ0) is 25.8. The monoisotopic (exact) mass is 542 g/mol. The first-order valence-electron chi connectivity index (χ1n) is 12.1. The third-order valence-electron chi connectivity index (χ3n) is 5.75. The summed E-state index contributed by atoms with van der Waals surface area (Å²) in [5.41, 5.74) is 2.97. The van der Waals surface area contributed by atoms with Gasteiger partial charge in [-0.2, -0.15) is 11.8 Å². The van der Waals surface area contributed by atoms with Gasteiger partial charge in [-0.25, -0.2) is 0 Å². The van der Waals surface area contributed by atoms with Crippen molar-refractivity contribution in [1.82, 2.24) is 10.2 Å². The fourth-order valence-electron chi connectivity index (χ4n) is 3.82. The van der Waals surface area contributed by atoms with Crippen LogP contribution in [0.2, 0.25) is 10.0 Å². The topological polar surface area (TPSA) is 49.4 Å². The van der Waals surface area contributed by atoms with E-state index in [9.17, 15) is 9.59 Å². The summed E-state index contributed by atoms with van der Waals surface area (Å²) in [5.74, 6) is 1.26. The number of carbonyl (C=O) groups is 2. The van der Waals surface area contributed by atoms with Crippen molar-refractivity contribution in [2.75, 3.05) is 12.3 Å². The number of carbonyl (C=O) groups excluding carboxylic acids is 2. The fraction of sp³-hybridized carbons (Fsp3) is 0.310. The lowest BCUT2D eigenvalue weighted by atomic mass is 10.0. The third kappa shape index (κ3) is 8.88. The minimum absolute atomic E-state index is 0.0749. The van der Waals surface area contributed by atoms with Gasteiger partial charge in [0.25, 0.3) is 0 Å². The smallest absolute Gasteiger partial charge is 0.243 e. The van der Waals surface area contributed by atoms with Crippen molar-refractivity contribution in [2.24, 2.45) is 0 Å². The molecule has 7 heteroatoms. The molecule has 0 aromatic heterocycles. The number of nitrogens with one attached hydrogen (secondary N) is 1. The van der Waals surface area contributed by atoms with Gasteiger partial charge in [-0.15, -0.1) is 0 Å². The summed E-state index contributed by atoms with van der Waals surface area (Å²) in [7, 11) is 0. The maximum Gasteiger partial charge on any atom is 0.243 e. The Morgan fingerprint density at radius 2 is 1.61 bits per heavy atom. The summed E-state index contributed by atoms with van der Waals surface area (Å²) < 4.78 is 0. The third-order valence-corrected chi connectivity index (χ3v) is 7.37. The van der Waals surface area contributed by atoms with E-state index < -0.39 is 6.04 Å². The number of nitrogens with zero attached hydrogens (tertiary/aromatic N) is 1. The van der Waals surface area contributed by atoms with E-state index in [1.54, 1.807) is 28.8 Å². The Hall–Kier alpha value is -2.47. The van der Waals surface area contributed by atoms with Crippen molar-refractivity contribution in [3.05, 3.63) is 106 Å². The van der Waals surface area contributed by atoms with Gasteiger partial charge in [-0.05, 0) is 35.2 Å². The lowest BCUT2D eigenvalue weighted by Crippen LogP contribution is -2.50. The van der Waals surface area contributed by atoms with Gasteiger partial charge >= 0.3 is 0 Å². The minimum Gasteiger partial charge on any atom is -0.354 e. The molecule has 1 atom stereocenters. The number of halogens is 2. The Kier molecular flexibility index (Phi) is 11.7. The van der Waals surface area contributed by atoms with Crippen LogP contribution >= 0.6 is 35.0 Å². The van der Waals surface area contributed by atoms with E-state index in [4.69, 9.17) is 23.2 Å². The largest absolute Gasteiger partial charge is 0.354 e. The molecule has 0 fully saturated rings. The summed E-state index contributed by atoms with van der Waals surface area (Å²) in [5, 5.41) is 4.00. The van der Waals surface area contributed by atoms with Gasteiger partial charge in [0.1, 0.15) is 6.04 Å². The number of thioether (sulfide) groups is 1. The van der Waals surface area contributed by atoms with Crippen LogP contribution in [0, 0.1) is 0 Å².